The summed E-state index contributed by atoms with van der Waals surface area (Å²) in [6.07, 6.45) is 0.0997. The first-order valence-electron chi connectivity index (χ1n) is 9.10. The van der Waals surface area contributed by atoms with Crippen LogP contribution in [0.3, 0.4) is 0 Å². The monoisotopic (exact) mass is 364 g/mol. The fourth-order valence-corrected chi connectivity index (χ4v) is 2.46. The van der Waals surface area contributed by atoms with Crippen molar-refractivity contribution in [3.05, 3.63) is 29.8 Å². The minimum atomic E-state index is 0.0630. The summed E-state index contributed by atoms with van der Waals surface area (Å²) in [6.45, 7) is 9.39. The Bertz CT molecular complexity index is 553. The summed E-state index contributed by atoms with van der Waals surface area (Å²) in [7, 11) is 7.59. The normalized spacial score (nSPS) is 13.6. The topological polar surface area (TPSA) is 58.1 Å². The van der Waals surface area contributed by atoms with E-state index < -0.39 is 0 Å². The molecule has 0 aliphatic rings. The average Bonchev–Trinajstić information content (AvgIpc) is 2.57. The number of nitrogens with one attached hydrogen (secondary N) is 2. The van der Waals surface area contributed by atoms with Crippen LogP contribution in [0.15, 0.2) is 29.3 Å². The van der Waals surface area contributed by atoms with Gasteiger partial charge in [-0.05, 0) is 25.6 Å². The summed E-state index contributed by atoms with van der Waals surface area (Å²) in [5.41, 5.74) is 1.17. The largest absolute Gasteiger partial charge is 0.492 e. The maximum absolute atomic E-state index is 5.91. The Morgan fingerprint density at radius 2 is 1.88 bits per heavy atom. The van der Waals surface area contributed by atoms with Crippen LogP contribution in [-0.4, -0.2) is 64.9 Å². The van der Waals surface area contributed by atoms with Crippen LogP contribution in [0.2, 0.25) is 0 Å². The Hall–Kier alpha value is -1.79. The number of para-hydroxylation sites is 1. The van der Waals surface area contributed by atoms with Gasteiger partial charge in [0.05, 0.1) is 6.10 Å². The van der Waals surface area contributed by atoms with Crippen LogP contribution in [0.25, 0.3) is 0 Å². The molecule has 0 saturated heterocycles. The molecule has 0 aliphatic carbocycles. The van der Waals surface area contributed by atoms with E-state index in [2.05, 4.69) is 47.4 Å². The SMILES string of the molecule is CN=C(NCc1ccccc1OCCN(C)C)NCC(OC)C(C)(C)C. The van der Waals surface area contributed by atoms with E-state index >= 15 is 0 Å². The number of hydrogen-bond acceptors (Lipinski definition) is 4. The summed E-state index contributed by atoms with van der Waals surface area (Å²) in [5, 5.41) is 6.69. The highest BCUT2D eigenvalue weighted by Gasteiger charge is 2.24. The van der Waals surface area contributed by atoms with E-state index in [0.29, 0.717) is 19.7 Å². The lowest BCUT2D eigenvalue weighted by Gasteiger charge is -2.30. The van der Waals surface area contributed by atoms with Crippen molar-refractivity contribution in [1.29, 1.82) is 0 Å². The lowest BCUT2D eigenvalue weighted by Crippen LogP contribution is -2.45. The van der Waals surface area contributed by atoms with Gasteiger partial charge in [0.1, 0.15) is 12.4 Å². The second-order valence-corrected chi connectivity index (χ2v) is 7.66. The Morgan fingerprint density at radius 1 is 1.19 bits per heavy atom. The van der Waals surface area contributed by atoms with Crippen molar-refractivity contribution < 1.29 is 9.47 Å². The van der Waals surface area contributed by atoms with Crippen molar-refractivity contribution in [1.82, 2.24) is 15.5 Å². The molecule has 0 radical (unpaired) electrons. The van der Waals surface area contributed by atoms with E-state index in [1.165, 1.54) is 0 Å². The Labute approximate surface area is 159 Å². The molecule has 0 amide bonds. The quantitative estimate of drug-likeness (QED) is 0.520. The highest BCUT2D eigenvalue weighted by molar-refractivity contribution is 5.79. The number of methoxy groups -OCH3 is 1. The molecule has 1 aromatic rings. The van der Waals surface area contributed by atoms with Crippen molar-refractivity contribution >= 4 is 5.96 Å². The molecule has 6 nitrogen and oxygen atoms in total. The molecule has 0 fully saturated rings. The third-order valence-electron chi connectivity index (χ3n) is 4.14. The maximum Gasteiger partial charge on any atom is 0.191 e. The minimum absolute atomic E-state index is 0.0630. The van der Waals surface area contributed by atoms with Gasteiger partial charge >= 0.3 is 0 Å². The number of benzene rings is 1. The van der Waals surface area contributed by atoms with Gasteiger partial charge in [-0.25, -0.2) is 0 Å². The molecule has 0 aliphatic heterocycles. The number of hydrogen-bond donors (Lipinski definition) is 2. The molecule has 0 saturated carbocycles. The Balaban J connectivity index is 2.58. The van der Waals surface area contributed by atoms with E-state index in [1.807, 2.05) is 32.3 Å². The van der Waals surface area contributed by atoms with Gasteiger partial charge in [-0.3, -0.25) is 4.99 Å². The van der Waals surface area contributed by atoms with Crippen molar-refractivity contribution in [2.45, 2.75) is 33.4 Å². The third-order valence-corrected chi connectivity index (χ3v) is 4.14. The van der Waals surface area contributed by atoms with Crippen LogP contribution in [0.5, 0.6) is 5.75 Å². The Kier molecular flexibility index (Phi) is 9.44. The highest BCUT2D eigenvalue weighted by Crippen LogP contribution is 2.21. The molecule has 26 heavy (non-hydrogen) atoms. The zero-order valence-electron chi connectivity index (χ0n) is 17.4. The van der Waals surface area contributed by atoms with Gasteiger partial charge in [-0.15, -0.1) is 0 Å². The van der Waals surface area contributed by atoms with E-state index in [9.17, 15) is 0 Å². The maximum atomic E-state index is 5.91. The summed E-state index contributed by atoms with van der Waals surface area (Å²) in [6, 6.07) is 8.09. The molecule has 148 valence electrons. The molecule has 0 aromatic heterocycles. The summed E-state index contributed by atoms with van der Waals surface area (Å²) in [4.78, 5) is 6.40. The molecule has 0 spiro atoms. The molecule has 1 atom stereocenters. The van der Waals surface area contributed by atoms with Crippen LogP contribution >= 0.6 is 0 Å². The first-order valence-corrected chi connectivity index (χ1v) is 9.10. The lowest BCUT2D eigenvalue weighted by molar-refractivity contribution is 0.0205. The van der Waals surface area contributed by atoms with Gasteiger partial charge in [0.15, 0.2) is 5.96 Å². The lowest BCUT2D eigenvalue weighted by atomic mass is 9.89. The predicted molar refractivity (Wildman–Crippen MR) is 109 cm³/mol. The summed E-state index contributed by atoms with van der Waals surface area (Å²) >= 11 is 0. The molecule has 0 bridgehead atoms. The number of ether oxygens (including phenoxy) is 2. The third kappa shape index (κ3) is 8.06. The van der Waals surface area contributed by atoms with E-state index in [-0.39, 0.29) is 11.5 Å². The average molecular weight is 365 g/mol. The van der Waals surface area contributed by atoms with Crippen molar-refractivity contribution in [3.8, 4) is 5.75 Å². The van der Waals surface area contributed by atoms with Crippen LogP contribution in [0.1, 0.15) is 26.3 Å². The number of guanidine groups is 1. The van der Waals surface area contributed by atoms with E-state index in [4.69, 9.17) is 9.47 Å². The van der Waals surface area contributed by atoms with Gasteiger partial charge in [-0.1, -0.05) is 39.0 Å². The standard InChI is InChI=1S/C20H36N4O2/c1-20(2,3)18(25-7)15-23-19(21-4)22-14-16-10-8-9-11-17(16)26-13-12-24(5)6/h8-11,18H,12-15H2,1-7H3,(H2,21,22,23). The molecule has 1 aromatic carbocycles. The fourth-order valence-electron chi connectivity index (χ4n) is 2.46. The second kappa shape index (κ2) is 11.0. The van der Waals surface area contributed by atoms with Gasteiger partial charge in [0.2, 0.25) is 0 Å². The summed E-state index contributed by atoms with van der Waals surface area (Å²) in [5.74, 6) is 1.65. The number of aliphatic imine (C=N–C) groups is 1. The van der Waals surface area contributed by atoms with E-state index in [1.54, 1.807) is 14.2 Å². The fraction of sp³-hybridized carbons (Fsp3) is 0.650. The van der Waals surface area contributed by atoms with Crippen LogP contribution in [-0.2, 0) is 11.3 Å². The van der Waals surface area contributed by atoms with Crippen LogP contribution in [0, 0.1) is 5.41 Å². The number of rotatable bonds is 9. The number of nitrogens with zero attached hydrogens (tertiary/aromatic N) is 2. The van der Waals surface area contributed by atoms with Gasteiger partial charge < -0.3 is 25.0 Å². The molecule has 0 heterocycles. The van der Waals surface area contributed by atoms with Crippen molar-refractivity contribution in [2.75, 3.05) is 47.9 Å². The first kappa shape index (κ1) is 22.3. The van der Waals surface area contributed by atoms with Crippen LogP contribution < -0.4 is 15.4 Å². The molecule has 6 heteroatoms. The highest BCUT2D eigenvalue weighted by atomic mass is 16.5. The minimum Gasteiger partial charge on any atom is -0.492 e. The molecule has 2 N–H and O–H groups in total. The summed E-state index contributed by atoms with van der Waals surface area (Å²) < 4.78 is 11.5. The zero-order valence-corrected chi connectivity index (χ0v) is 17.4. The van der Waals surface area contributed by atoms with Gasteiger partial charge in [-0.2, -0.15) is 0 Å². The zero-order chi connectivity index (χ0) is 19.6. The van der Waals surface area contributed by atoms with Crippen LogP contribution in [0.4, 0.5) is 0 Å². The smallest absolute Gasteiger partial charge is 0.191 e. The molecule has 1 rings (SSSR count). The number of likely N-dealkylation sites (N-methyl/N-ethyl adjacent to an activating group) is 1. The molecular formula is C20H36N4O2. The van der Waals surface area contributed by atoms with Gasteiger partial charge in [0, 0.05) is 39.4 Å². The van der Waals surface area contributed by atoms with Crippen molar-refractivity contribution in [3.63, 3.8) is 0 Å². The first-order chi connectivity index (χ1) is 12.3. The molecule has 1 unspecified atom stereocenters. The van der Waals surface area contributed by atoms with Gasteiger partial charge in [0.25, 0.3) is 0 Å². The molecular weight excluding hydrogens is 328 g/mol. The van der Waals surface area contributed by atoms with Crippen molar-refractivity contribution in [2.24, 2.45) is 10.4 Å². The predicted octanol–water partition coefficient (Wildman–Crippen LogP) is 2.35. The Morgan fingerprint density at radius 3 is 2.46 bits per heavy atom. The van der Waals surface area contributed by atoms with E-state index in [0.717, 1.165) is 23.8 Å². The second-order valence-electron chi connectivity index (χ2n) is 7.66.